The summed E-state index contributed by atoms with van der Waals surface area (Å²) >= 11 is 0. The highest BCUT2D eigenvalue weighted by molar-refractivity contribution is 7.92. The molecule has 1 aliphatic carbocycles. The molecule has 11 heteroatoms. The Morgan fingerprint density at radius 3 is 2.38 bits per heavy atom. The lowest BCUT2D eigenvalue weighted by Gasteiger charge is -2.41. The maximum Gasteiger partial charge on any atom is 0.439 e. The third-order valence-corrected chi connectivity index (χ3v) is 9.20. The Morgan fingerprint density at radius 2 is 1.75 bits per heavy atom. The smallest absolute Gasteiger partial charge is 0.296 e. The highest BCUT2D eigenvalue weighted by Crippen LogP contribution is 2.47. The van der Waals surface area contributed by atoms with Crippen molar-refractivity contribution >= 4 is 15.7 Å². The van der Waals surface area contributed by atoms with E-state index in [-0.39, 0.29) is 23.2 Å². The van der Waals surface area contributed by atoms with Crippen LogP contribution in [0.15, 0.2) is 74.9 Å². The lowest BCUT2D eigenvalue weighted by Crippen LogP contribution is -2.44. The summed E-state index contributed by atoms with van der Waals surface area (Å²) in [5.41, 5.74) is 2.52. The van der Waals surface area contributed by atoms with Gasteiger partial charge in [0.15, 0.2) is 5.82 Å². The van der Waals surface area contributed by atoms with Crippen molar-refractivity contribution in [3.63, 3.8) is 0 Å². The monoisotopic (exact) mass is 569 g/mol. The summed E-state index contributed by atoms with van der Waals surface area (Å²) in [5, 5.41) is 3.78. The molecule has 1 aliphatic heterocycles. The fourth-order valence-electron chi connectivity index (χ4n) is 5.47. The average molecular weight is 570 g/mol. The second kappa shape index (κ2) is 9.09. The van der Waals surface area contributed by atoms with Crippen LogP contribution in [0.4, 0.5) is 18.9 Å². The van der Waals surface area contributed by atoms with E-state index in [0.29, 0.717) is 28.8 Å². The largest absolute Gasteiger partial charge is 0.439 e. The first kappa shape index (κ1) is 26.4. The van der Waals surface area contributed by atoms with Crippen LogP contribution < -0.4 is 10.1 Å². The van der Waals surface area contributed by atoms with Gasteiger partial charge in [0.1, 0.15) is 0 Å². The molecular weight excluding hydrogens is 543 g/mol. The molecule has 1 saturated carbocycles. The Kier molecular flexibility index (Phi) is 5.99. The van der Waals surface area contributed by atoms with Gasteiger partial charge in [0.2, 0.25) is 0 Å². The Balaban J connectivity index is 1.48. The minimum Gasteiger partial charge on any atom is -0.296 e. The van der Waals surface area contributed by atoms with E-state index < -0.39 is 32.9 Å². The van der Waals surface area contributed by atoms with Crippen molar-refractivity contribution in [2.24, 2.45) is 5.41 Å². The molecule has 2 aliphatic rings. The highest BCUT2D eigenvalue weighted by atomic mass is 32.2. The number of aromatic nitrogens is 2. The van der Waals surface area contributed by atoms with Gasteiger partial charge in [-0.3, -0.25) is 13.8 Å². The van der Waals surface area contributed by atoms with Crippen molar-refractivity contribution in [1.82, 2.24) is 10.1 Å². The number of hydrogen-bond acceptors (Lipinski definition) is 5. The summed E-state index contributed by atoms with van der Waals surface area (Å²) in [6.45, 7) is 4.17. The van der Waals surface area contributed by atoms with Crippen LogP contribution in [0, 0.1) is 5.41 Å². The first-order valence-electron chi connectivity index (χ1n) is 12.9. The number of H-pyrrole nitrogens is 1. The van der Waals surface area contributed by atoms with Crippen LogP contribution in [0.3, 0.4) is 0 Å². The SMILES string of the molecule is CC1(C)Cc2cccc(-c3ccc(C(F)(F)F)cc3)c2N(S(=O)(=O)c2ccc(-c3noc(=O)[nH]3)c(C3CC3)c2)C1. The second-order valence-electron chi connectivity index (χ2n) is 11.2. The third kappa shape index (κ3) is 4.72. The van der Waals surface area contributed by atoms with Crippen molar-refractivity contribution < 1.29 is 26.1 Å². The Labute approximate surface area is 228 Å². The molecule has 6 rings (SSSR count). The molecule has 1 aromatic heterocycles. The van der Waals surface area contributed by atoms with E-state index in [9.17, 15) is 26.4 Å². The summed E-state index contributed by atoms with van der Waals surface area (Å²) in [6, 6.07) is 14.9. The first-order valence-corrected chi connectivity index (χ1v) is 14.3. The quantitative estimate of drug-likeness (QED) is 0.301. The zero-order chi connectivity index (χ0) is 28.4. The van der Waals surface area contributed by atoms with Crippen LogP contribution in [-0.2, 0) is 22.6 Å². The Morgan fingerprint density at radius 1 is 1.02 bits per heavy atom. The van der Waals surface area contributed by atoms with Gasteiger partial charge in [0.05, 0.1) is 16.1 Å². The lowest BCUT2D eigenvalue weighted by atomic mass is 9.80. The van der Waals surface area contributed by atoms with Crippen molar-refractivity contribution in [3.8, 4) is 22.5 Å². The number of anilines is 1. The number of para-hydroxylation sites is 1. The number of sulfonamides is 1. The van der Waals surface area contributed by atoms with Crippen LogP contribution in [0.1, 0.15) is 49.3 Å². The number of nitrogens with zero attached hydrogens (tertiary/aromatic N) is 2. The van der Waals surface area contributed by atoms with Crippen molar-refractivity contribution in [3.05, 3.63) is 87.9 Å². The van der Waals surface area contributed by atoms with Crippen molar-refractivity contribution in [2.75, 3.05) is 10.8 Å². The topological polar surface area (TPSA) is 96.3 Å². The van der Waals surface area contributed by atoms with Gasteiger partial charge in [-0.25, -0.2) is 13.2 Å². The van der Waals surface area contributed by atoms with Gasteiger partial charge < -0.3 is 0 Å². The van der Waals surface area contributed by atoms with E-state index >= 15 is 0 Å². The molecule has 2 heterocycles. The second-order valence-corrected chi connectivity index (χ2v) is 13.1. The summed E-state index contributed by atoms with van der Waals surface area (Å²) in [5.74, 6) is -0.320. The van der Waals surface area contributed by atoms with E-state index in [1.165, 1.54) is 22.5 Å². The predicted molar refractivity (Wildman–Crippen MR) is 143 cm³/mol. The molecule has 0 saturated heterocycles. The fraction of sp³-hybridized carbons (Fsp3) is 0.310. The van der Waals surface area contributed by atoms with Gasteiger partial charge in [-0.1, -0.05) is 49.3 Å². The number of alkyl halides is 3. The lowest BCUT2D eigenvalue weighted by molar-refractivity contribution is -0.137. The third-order valence-electron chi connectivity index (χ3n) is 7.46. The molecular formula is C29H26F3N3O4S. The molecule has 0 atom stereocenters. The molecule has 0 amide bonds. The van der Waals surface area contributed by atoms with E-state index in [1.807, 2.05) is 19.9 Å². The summed E-state index contributed by atoms with van der Waals surface area (Å²) < 4.78 is 74.3. The maximum absolute atomic E-state index is 14.3. The number of rotatable bonds is 5. The van der Waals surface area contributed by atoms with Crippen LogP contribution in [0.5, 0.6) is 0 Å². The highest BCUT2D eigenvalue weighted by Gasteiger charge is 2.40. The normalized spacial score (nSPS) is 17.1. The number of halogens is 3. The number of hydrogen-bond donors (Lipinski definition) is 1. The molecule has 0 radical (unpaired) electrons. The van der Waals surface area contributed by atoms with Gasteiger partial charge in [-0.15, -0.1) is 0 Å². The minimum atomic E-state index is -4.47. The number of nitrogens with one attached hydrogen (secondary N) is 1. The number of fused-ring (bicyclic) bond motifs is 1. The Bertz CT molecular complexity index is 1770. The molecule has 7 nitrogen and oxygen atoms in total. The molecule has 4 aromatic rings. The maximum atomic E-state index is 14.3. The zero-order valence-corrected chi connectivity index (χ0v) is 22.6. The van der Waals surface area contributed by atoms with Crippen molar-refractivity contribution in [1.29, 1.82) is 0 Å². The number of aromatic amines is 1. The summed E-state index contributed by atoms with van der Waals surface area (Å²) in [7, 11) is -4.09. The number of benzene rings is 3. The molecule has 0 unspecified atom stereocenters. The average Bonchev–Trinajstić information content (AvgIpc) is 3.66. The van der Waals surface area contributed by atoms with Crippen LogP contribution in [0.2, 0.25) is 0 Å². The van der Waals surface area contributed by atoms with Crippen LogP contribution in [-0.4, -0.2) is 25.1 Å². The van der Waals surface area contributed by atoms with Crippen LogP contribution in [0.25, 0.3) is 22.5 Å². The van der Waals surface area contributed by atoms with Gasteiger partial charge in [-0.05, 0) is 77.6 Å². The van der Waals surface area contributed by atoms with Gasteiger partial charge in [0, 0.05) is 17.7 Å². The van der Waals surface area contributed by atoms with Gasteiger partial charge >= 0.3 is 11.9 Å². The standard InChI is InChI=1S/C29H26F3N3O4S/c1-28(2)15-19-4-3-5-22(17-8-10-20(11-9-17)29(30,31)32)25(19)35(16-28)40(37,38)21-12-13-23(24(14-21)18-6-7-18)26-33-27(36)39-34-26/h3-5,8-14,18H,6-7,15-16H2,1-2H3,(H,33,34,36). The fourth-order valence-corrected chi connectivity index (χ4v) is 7.21. The van der Waals surface area contributed by atoms with E-state index in [1.54, 1.807) is 24.3 Å². The van der Waals surface area contributed by atoms with Gasteiger partial charge in [-0.2, -0.15) is 13.2 Å². The van der Waals surface area contributed by atoms with Crippen LogP contribution >= 0.6 is 0 Å². The minimum absolute atomic E-state index is 0.0925. The first-order chi connectivity index (χ1) is 18.8. The van der Waals surface area contributed by atoms with E-state index in [4.69, 9.17) is 0 Å². The molecule has 1 fully saturated rings. The zero-order valence-electron chi connectivity index (χ0n) is 21.7. The van der Waals surface area contributed by atoms with E-state index in [2.05, 4.69) is 14.7 Å². The summed E-state index contributed by atoms with van der Waals surface area (Å²) in [6.07, 6.45) is -2.10. The van der Waals surface area contributed by atoms with Gasteiger partial charge in [0.25, 0.3) is 10.0 Å². The summed E-state index contributed by atoms with van der Waals surface area (Å²) in [4.78, 5) is 14.2. The predicted octanol–water partition coefficient (Wildman–Crippen LogP) is 6.37. The molecule has 208 valence electrons. The van der Waals surface area contributed by atoms with E-state index in [0.717, 1.165) is 36.1 Å². The molecule has 1 N–H and O–H groups in total. The molecule has 3 aromatic carbocycles. The Hall–Kier alpha value is -3.86. The molecule has 0 bridgehead atoms. The van der Waals surface area contributed by atoms with Crippen molar-refractivity contribution in [2.45, 2.75) is 50.1 Å². The molecule has 0 spiro atoms. The molecule has 40 heavy (non-hydrogen) atoms.